The van der Waals surface area contributed by atoms with Crippen molar-refractivity contribution in [1.29, 1.82) is 0 Å². The monoisotopic (exact) mass is 335 g/mol. The summed E-state index contributed by atoms with van der Waals surface area (Å²) in [6.07, 6.45) is 1.37. The van der Waals surface area contributed by atoms with Gasteiger partial charge in [0.2, 0.25) is 5.91 Å². The maximum absolute atomic E-state index is 11.7. The number of nitrogens with zero attached hydrogens (tertiary/aromatic N) is 2. The first kappa shape index (κ1) is 18.0. The summed E-state index contributed by atoms with van der Waals surface area (Å²) in [4.78, 5) is 24.3. The lowest BCUT2D eigenvalue weighted by atomic mass is 10.1. The number of hydrogen-bond donors (Lipinski definition) is 1. The highest BCUT2D eigenvalue weighted by molar-refractivity contribution is 5.76. The van der Waals surface area contributed by atoms with Crippen LogP contribution in [0.1, 0.15) is 40.5 Å². The van der Waals surface area contributed by atoms with E-state index in [9.17, 15) is 14.9 Å². The van der Waals surface area contributed by atoms with E-state index in [4.69, 9.17) is 4.74 Å². The molecule has 0 radical (unpaired) electrons. The van der Waals surface area contributed by atoms with E-state index in [1.165, 1.54) is 6.07 Å². The third-order valence-electron chi connectivity index (χ3n) is 3.79. The normalized spacial score (nSPS) is 17.7. The number of carbonyl (C=O) groups excluding carboxylic acids is 1. The van der Waals surface area contributed by atoms with Crippen molar-refractivity contribution in [3.63, 3.8) is 0 Å². The van der Waals surface area contributed by atoms with Crippen LogP contribution in [0.2, 0.25) is 0 Å². The average molecular weight is 335 g/mol. The fraction of sp³-hybridized carbons (Fsp3) is 0.588. The highest BCUT2D eigenvalue weighted by atomic mass is 16.6. The molecule has 0 unspecified atom stereocenters. The van der Waals surface area contributed by atoms with Crippen LogP contribution in [-0.2, 0) is 4.79 Å². The predicted octanol–water partition coefficient (Wildman–Crippen LogP) is 3.19. The maximum Gasteiger partial charge on any atom is 0.311 e. The van der Waals surface area contributed by atoms with E-state index in [-0.39, 0.29) is 23.4 Å². The summed E-state index contributed by atoms with van der Waals surface area (Å²) < 4.78 is 5.73. The number of likely N-dealkylation sites (tertiary alicyclic amines) is 1. The Balaban J connectivity index is 2.13. The standard InChI is InChI=1S/C17H25N3O4/c1-5-16(21)19-9-8-13(11-19)18-12-6-7-14(20(22)23)15(10-12)24-17(2,3)4/h6-7,10,13,18H,5,8-9,11H2,1-4H3/t13-/m0/s1. The number of anilines is 1. The van der Waals surface area contributed by atoms with Crippen molar-refractivity contribution in [1.82, 2.24) is 4.90 Å². The second-order valence-corrected chi connectivity index (χ2v) is 6.98. The Morgan fingerprint density at radius 3 is 2.75 bits per heavy atom. The SMILES string of the molecule is CCC(=O)N1CC[C@H](Nc2ccc([N+](=O)[O-])c(OC(C)(C)C)c2)C1. The number of nitrogens with one attached hydrogen (secondary N) is 1. The van der Waals surface area contributed by atoms with Crippen molar-refractivity contribution < 1.29 is 14.5 Å². The van der Waals surface area contributed by atoms with Crippen molar-refractivity contribution in [3.8, 4) is 5.75 Å². The summed E-state index contributed by atoms with van der Waals surface area (Å²) in [6.45, 7) is 8.80. The summed E-state index contributed by atoms with van der Waals surface area (Å²) in [6, 6.07) is 4.93. The molecule has 1 aromatic carbocycles. The molecule has 132 valence electrons. The molecule has 0 spiro atoms. The van der Waals surface area contributed by atoms with E-state index in [2.05, 4.69) is 5.32 Å². The Labute approximate surface area is 142 Å². The molecular weight excluding hydrogens is 310 g/mol. The number of nitro benzene ring substituents is 1. The third kappa shape index (κ3) is 4.59. The van der Waals surface area contributed by atoms with E-state index in [1.54, 1.807) is 12.1 Å². The molecule has 0 aromatic heterocycles. The van der Waals surface area contributed by atoms with E-state index < -0.39 is 10.5 Å². The van der Waals surface area contributed by atoms with Crippen LogP contribution in [0, 0.1) is 10.1 Å². The number of carbonyl (C=O) groups is 1. The zero-order valence-electron chi connectivity index (χ0n) is 14.7. The average Bonchev–Trinajstić information content (AvgIpc) is 2.93. The molecule has 1 fully saturated rings. The first-order chi connectivity index (χ1) is 11.2. The first-order valence-corrected chi connectivity index (χ1v) is 8.21. The van der Waals surface area contributed by atoms with Gasteiger partial charge in [-0.2, -0.15) is 0 Å². The maximum atomic E-state index is 11.7. The molecule has 7 nitrogen and oxygen atoms in total. The van der Waals surface area contributed by atoms with Crippen LogP contribution in [0.3, 0.4) is 0 Å². The minimum atomic E-state index is -0.527. The number of rotatable bonds is 5. The van der Waals surface area contributed by atoms with Gasteiger partial charge in [-0.15, -0.1) is 0 Å². The van der Waals surface area contributed by atoms with Crippen LogP contribution >= 0.6 is 0 Å². The third-order valence-corrected chi connectivity index (χ3v) is 3.79. The molecule has 1 aromatic rings. The van der Waals surface area contributed by atoms with Crippen molar-refractivity contribution in [3.05, 3.63) is 28.3 Å². The Hall–Kier alpha value is -2.31. The van der Waals surface area contributed by atoms with Crippen molar-refractivity contribution in [2.45, 2.75) is 52.2 Å². The fourth-order valence-electron chi connectivity index (χ4n) is 2.73. The van der Waals surface area contributed by atoms with Crippen molar-refractivity contribution >= 4 is 17.3 Å². The van der Waals surface area contributed by atoms with Gasteiger partial charge in [0.1, 0.15) is 5.60 Å². The number of hydrogen-bond acceptors (Lipinski definition) is 5. The molecule has 0 aliphatic carbocycles. The Bertz CT molecular complexity index is 625. The van der Waals surface area contributed by atoms with Gasteiger partial charge in [0.05, 0.1) is 4.92 Å². The van der Waals surface area contributed by atoms with Crippen molar-refractivity contribution in [2.24, 2.45) is 0 Å². The van der Waals surface area contributed by atoms with Crippen LogP contribution in [0.4, 0.5) is 11.4 Å². The van der Waals surface area contributed by atoms with Gasteiger partial charge >= 0.3 is 5.69 Å². The highest BCUT2D eigenvalue weighted by Crippen LogP contribution is 2.33. The topological polar surface area (TPSA) is 84.7 Å². The molecule has 0 bridgehead atoms. The molecule has 1 N–H and O–H groups in total. The lowest BCUT2D eigenvalue weighted by Gasteiger charge is -2.22. The van der Waals surface area contributed by atoms with Gasteiger partial charge in [-0.3, -0.25) is 14.9 Å². The first-order valence-electron chi connectivity index (χ1n) is 8.21. The molecule has 1 heterocycles. The summed E-state index contributed by atoms with van der Waals surface area (Å²) in [5.41, 5.74) is 0.182. The van der Waals surface area contributed by atoms with Gasteiger partial charge in [0.25, 0.3) is 0 Å². The molecule has 7 heteroatoms. The number of benzene rings is 1. The fourth-order valence-corrected chi connectivity index (χ4v) is 2.73. The second-order valence-electron chi connectivity index (χ2n) is 6.98. The summed E-state index contributed by atoms with van der Waals surface area (Å²) >= 11 is 0. The van der Waals surface area contributed by atoms with Gasteiger partial charge in [0, 0.05) is 43.4 Å². The van der Waals surface area contributed by atoms with Gasteiger partial charge in [-0.05, 0) is 33.3 Å². The minimum absolute atomic E-state index is 0.0512. The van der Waals surface area contributed by atoms with Crippen LogP contribution in [0.5, 0.6) is 5.75 Å². The van der Waals surface area contributed by atoms with E-state index in [0.29, 0.717) is 13.0 Å². The molecular formula is C17H25N3O4. The quantitative estimate of drug-likeness (QED) is 0.660. The van der Waals surface area contributed by atoms with Gasteiger partial charge in [0.15, 0.2) is 5.75 Å². The minimum Gasteiger partial charge on any atom is -0.481 e. The smallest absolute Gasteiger partial charge is 0.311 e. The van der Waals surface area contributed by atoms with Gasteiger partial charge < -0.3 is 15.0 Å². The van der Waals surface area contributed by atoms with Crippen molar-refractivity contribution in [2.75, 3.05) is 18.4 Å². The number of nitro groups is 1. The Kier molecular flexibility index (Phi) is 5.31. The number of amides is 1. The number of ether oxygens (including phenoxy) is 1. The molecule has 0 saturated carbocycles. The summed E-state index contributed by atoms with van der Waals surface area (Å²) in [5, 5.41) is 14.5. The van der Waals surface area contributed by atoms with Crippen LogP contribution in [-0.4, -0.2) is 40.5 Å². The van der Waals surface area contributed by atoms with Gasteiger partial charge in [-0.25, -0.2) is 0 Å². The molecule has 1 aliphatic heterocycles. The molecule has 2 rings (SSSR count). The predicted molar refractivity (Wildman–Crippen MR) is 92.4 cm³/mol. The highest BCUT2D eigenvalue weighted by Gasteiger charge is 2.26. The van der Waals surface area contributed by atoms with Crippen LogP contribution in [0.25, 0.3) is 0 Å². The van der Waals surface area contributed by atoms with E-state index in [1.807, 2.05) is 32.6 Å². The van der Waals surface area contributed by atoms with Crippen LogP contribution < -0.4 is 10.1 Å². The second kappa shape index (κ2) is 7.07. The Morgan fingerprint density at radius 1 is 1.46 bits per heavy atom. The largest absolute Gasteiger partial charge is 0.481 e. The summed E-state index contributed by atoms with van der Waals surface area (Å²) in [7, 11) is 0. The molecule has 1 atom stereocenters. The van der Waals surface area contributed by atoms with E-state index in [0.717, 1.165) is 18.7 Å². The zero-order chi connectivity index (χ0) is 17.9. The molecule has 1 saturated heterocycles. The zero-order valence-corrected chi connectivity index (χ0v) is 14.7. The molecule has 1 amide bonds. The lowest BCUT2D eigenvalue weighted by Crippen LogP contribution is -2.31. The lowest BCUT2D eigenvalue weighted by molar-refractivity contribution is -0.386. The van der Waals surface area contributed by atoms with Crippen LogP contribution in [0.15, 0.2) is 18.2 Å². The van der Waals surface area contributed by atoms with Gasteiger partial charge in [-0.1, -0.05) is 6.92 Å². The molecule has 24 heavy (non-hydrogen) atoms. The Morgan fingerprint density at radius 2 is 2.17 bits per heavy atom. The van der Waals surface area contributed by atoms with E-state index >= 15 is 0 Å². The molecule has 1 aliphatic rings. The summed E-state index contributed by atoms with van der Waals surface area (Å²) in [5.74, 6) is 0.400.